The van der Waals surface area contributed by atoms with E-state index in [0.29, 0.717) is 13.1 Å². The van der Waals surface area contributed by atoms with Crippen molar-refractivity contribution in [3.05, 3.63) is 6.92 Å². The van der Waals surface area contributed by atoms with Crippen LogP contribution in [-0.2, 0) is 10.9 Å². The van der Waals surface area contributed by atoms with Gasteiger partial charge in [0.2, 0.25) is 10.9 Å². The molecule has 49 valence electrons. The molecule has 0 bridgehead atoms. The largest absolute Gasteiger partial charge is 0.215 e. The minimum atomic E-state index is -2.39. The lowest BCUT2D eigenvalue weighted by Gasteiger charge is -2.06. The molecule has 0 saturated carbocycles. The van der Waals surface area contributed by atoms with Crippen LogP contribution in [0.2, 0.25) is 0 Å². The van der Waals surface area contributed by atoms with Crippen LogP contribution in [0.25, 0.3) is 0 Å². The Balaban J connectivity index is 3.70. The first-order valence-electron chi connectivity index (χ1n) is 2.40. The zero-order chi connectivity index (χ0) is 6.57. The molecule has 0 aliphatic rings. The number of hydrogen-bond acceptors (Lipinski definition) is 2. The molecular formula is C4H10NO2S. The maximum absolute atomic E-state index is 10.1. The van der Waals surface area contributed by atoms with Gasteiger partial charge in [-0.25, -0.2) is 12.7 Å². The van der Waals surface area contributed by atoms with Crippen LogP contribution in [0.3, 0.4) is 0 Å². The van der Waals surface area contributed by atoms with Gasteiger partial charge in [-0.05, 0) is 6.92 Å². The highest BCUT2D eigenvalue weighted by atomic mass is 32.2. The highest BCUT2D eigenvalue weighted by Gasteiger charge is 1.96. The van der Waals surface area contributed by atoms with Crippen molar-refractivity contribution in [3.63, 3.8) is 0 Å². The molecule has 0 aromatic heterocycles. The summed E-state index contributed by atoms with van der Waals surface area (Å²) in [6.45, 7) is 6.04. The summed E-state index contributed by atoms with van der Waals surface area (Å²) in [6.07, 6.45) is 0. The van der Waals surface area contributed by atoms with E-state index in [4.69, 9.17) is 0 Å². The molecule has 3 nitrogen and oxygen atoms in total. The van der Waals surface area contributed by atoms with Crippen molar-refractivity contribution < 1.29 is 8.42 Å². The topological polar surface area (TPSA) is 37.4 Å². The van der Waals surface area contributed by atoms with Gasteiger partial charge in [-0.15, -0.1) is 0 Å². The number of nitrogens with zero attached hydrogens (tertiary/aromatic N) is 1. The highest BCUT2D eigenvalue weighted by Crippen LogP contribution is 1.82. The minimum absolute atomic E-state index is 0.329. The Bertz CT molecular complexity index is 109. The van der Waals surface area contributed by atoms with Crippen LogP contribution in [0, 0.1) is 6.92 Å². The summed E-state index contributed by atoms with van der Waals surface area (Å²) < 4.78 is 21.4. The van der Waals surface area contributed by atoms with Crippen molar-refractivity contribution in [2.75, 3.05) is 13.1 Å². The number of thiol groups is 1. The van der Waals surface area contributed by atoms with E-state index in [1.54, 1.807) is 6.92 Å². The molecular weight excluding hydrogens is 126 g/mol. The van der Waals surface area contributed by atoms with Crippen LogP contribution >= 0.6 is 0 Å². The lowest BCUT2D eigenvalue weighted by Crippen LogP contribution is -2.20. The number of hydrogen-bond donors (Lipinski definition) is 1. The third-order valence-electron chi connectivity index (χ3n) is 0.854. The Labute approximate surface area is 51.4 Å². The summed E-state index contributed by atoms with van der Waals surface area (Å²) in [5.74, 6) is 0. The summed E-state index contributed by atoms with van der Waals surface area (Å²) >= 11 is 0. The van der Waals surface area contributed by atoms with Crippen LogP contribution in [0.15, 0.2) is 0 Å². The Hall–Kier alpha value is -0.0900. The molecule has 0 rings (SSSR count). The van der Waals surface area contributed by atoms with E-state index in [1.807, 2.05) is 0 Å². The SMILES string of the molecule is [CH2]CN(CC)[SH](=O)=O. The molecule has 0 spiro atoms. The van der Waals surface area contributed by atoms with Crippen LogP contribution in [0.4, 0.5) is 0 Å². The quantitative estimate of drug-likeness (QED) is 0.539. The summed E-state index contributed by atoms with van der Waals surface area (Å²) in [4.78, 5) is 0. The second-order valence-corrected chi connectivity index (χ2v) is 2.33. The van der Waals surface area contributed by atoms with E-state index in [-0.39, 0.29) is 0 Å². The van der Waals surface area contributed by atoms with E-state index in [9.17, 15) is 8.42 Å². The normalized spacial score (nSPS) is 11.0. The van der Waals surface area contributed by atoms with Crippen LogP contribution in [0.5, 0.6) is 0 Å². The van der Waals surface area contributed by atoms with Gasteiger partial charge >= 0.3 is 0 Å². The van der Waals surface area contributed by atoms with E-state index in [0.717, 1.165) is 0 Å². The van der Waals surface area contributed by atoms with E-state index in [1.165, 1.54) is 4.31 Å². The third kappa shape index (κ3) is 2.28. The summed E-state index contributed by atoms with van der Waals surface area (Å²) in [6, 6.07) is 0. The molecule has 0 aromatic carbocycles. The van der Waals surface area contributed by atoms with E-state index >= 15 is 0 Å². The molecule has 0 aliphatic heterocycles. The van der Waals surface area contributed by atoms with Crippen molar-refractivity contribution in [2.24, 2.45) is 0 Å². The first kappa shape index (κ1) is 7.91. The highest BCUT2D eigenvalue weighted by molar-refractivity contribution is 7.69. The fraction of sp³-hybridized carbons (Fsp3) is 0.750. The number of rotatable bonds is 3. The molecule has 0 atom stereocenters. The third-order valence-corrected chi connectivity index (χ3v) is 1.80. The van der Waals surface area contributed by atoms with Gasteiger partial charge in [0, 0.05) is 13.1 Å². The van der Waals surface area contributed by atoms with E-state index < -0.39 is 10.9 Å². The zero-order valence-electron chi connectivity index (χ0n) is 4.83. The summed E-state index contributed by atoms with van der Waals surface area (Å²) in [5.41, 5.74) is 0. The molecule has 8 heavy (non-hydrogen) atoms. The van der Waals surface area contributed by atoms with Crippen molar-refractivity contribution in [1.29, 1.82) is 0 Å². The molecule has 0 aromatic rings. The van der Waals surface area contributed by atoms with Gasteiger partial charge in [0.25, 0.3) is 0 Å². The van der Waals surface area contributed by atoms with Crippen molar-refractivity contribution >= 4 is 10.9 Å². The molecule has 0 aliphatic carbocycles. The predicted molar refractivity (Wildman–Crippen MR) is 32.9 cm³/mol. The van der Waals surface area contributed by atoms with Crippen molar-refractivity contribution in [2.45, 2.75) is 6.92 Å². The average molecular weight is 136 g/mol. The Kier molecular flexibility index (Phi) is 3.81. The zero-order valence-corrected chi connectivity index (χ0v) is 5.73. The molecule has 0 amide bonds. The molecule has 0 heterocycles. The Morgan fingerprint density at radius 1 is 1.62 bits per heavy atom. The van der Waals surface area contributed by atoms with Gasteiger partial charge in [-0.3, -0.25) is 0 Å². The van der Waals surface area contributed by atoms with E-state index in [2.05, 4.69) is 6.92 Å². The molecule has 4 heteroatoms. The molecule has 0 N–H and O–H groups in total. The van der Waals surface area contributed by atoms with Crippen molar-refractivity contribution in [1.82, 2.24) is 4.31 Å². The molecule has 1 radical (unpaired) electrons. The first-order valence-corrected chi connectivity index (χ1v) is 3.54. The molecule has 0 unspecified atom stereocenters. The Morgan fingerprint density at radius 2 is 2.12 bits per heavy atom. The van der Waals surface area contributed by atoms with Crippen molar-refractivity contribution in [3.8, 4) is 0 Å². The van der Waals surface area contributed by atoms with Crippen LogP contribution in [-0.4, -0.2) is 25.8 Å². The van der Waals surface area contributed by atoms with Crippen LogP contribution in [0.1, 0.15) is 6.92 Å². The first-order chi connectivity index (χ1) is 3.72. The lowest BCUT2D eigenvalue weighted by atomic mass is 10.7. The van der Waals surface area contributed by atoms with Gasteiger partial charge in [-0.1, -0.05) is 6.92 Å². The lowest BCUT2D eigenvalue weighted by molar-refractivity contribution is 0.477. The van der Waals surface area contributed by atoms with Gasteiger partial charge in [0.05, 0.1) is 0 Å². The predicted octanol–water partition coefficient (Wildman–Crippen LogP) is -0.331. The van der Waals surface area contributed by atoms with Crippen LogP contribution < -0.4 is 0 Å². The monoisotopic (exact) mass is 136 g/mol. The Morgan fingerprint density at radius 3 is 2.12 bits per heavy atom. The smallest absolute Gasteiger partial charge is 0.203 e. The maximum Gasteiger partial charge on any atom is 0.203 e. The summed E-state index contributed by atoms with van der Waals surface area (Å²) in [5, 5.41) is 0. The van der Waals surface area contributed by atoms with Gasteiger partial charge < -0.3 is 0 Å². The minimum Gasteiger partial charge on any atom is -0.215 e. The fourth-order valence-corrected chi connectivity index (χ4v) is 0.749. The van der Waals surface area contributed by atoms with Gasteiger partial charge in [0.15, 0.2) is 0 Å². The standard InChI is InChI=1S/C4H10NO2S/c1-3-5(4-2)8(6)7/h8H,1,3-4H2,2H3. The average Bonchev–Trinajstić information content (AvgIpc) is 1.69. The van der Waals surface area contributed by atoms with Gasteiger partial charge in [0.1, 0.15) is 0 Å². The maximum atomic E-state index is 10.1. The molecule has 0 saturated heterocycles. The fourth-order valence-electron chi connectivity index (χ4n) is 0.355. The second-order valence-electron chi connectivity index (χ2n) is 1.28. The summed E-state index contributed by atoms with van der Waals surface area (Å²) in [7, 11) is -2.39. The second kappa shape index (κ2) is 3.86. The van der Waals surface area contributed by atoms with Gasteiger partial charge in [-0.2, -0.15) is 0 Å². The molecule has 0 fully saturated rings.